The Morgan fingerprint density at radius 1 is 0.912 bits per heavy atom. The monoisotopic (exact) mass is 514 g/mol. The Kier molecular flexibility index (Phi) is 5.88. The second-order valence-electron chi connectivity index (χ2n) is 8.05. The van der Waals surface area contributed by atoms with E-state index in [4.69, 9.17) is 4.98 Å². The number of hydrogen-bond donors (Lipinski definition) is 0. The van der Waals surface area contributed by atoms with Gasteiger partial charge in [0.1, 0.15) is 5.52 Å². The van der Waals surface area contributed by atoms with Gasteiger partial charge in [-0.1, -0.05) is 12.1 Å². The molecular weight excluding hydrogens is 492 g/mol. The molecule has 0 spiro atoms. The third kappa shape index (κ3) is 4.20. The third-order valence-electron chi connectivity index (χ3n) is 5.87. The van der Waals surface area contributed by atoms with E-state index in [1.807, 2.05) is 28.6 Å². The van der Waals surface area contributed by atoms with Crippen LogP contribution in [0, 0.1) is 0 Å². The van der Waals surface area contributed by atoms with Crippen LogP contribution in [0.25, 0.3) is 22.0 Å². The lowest BCUT2D eigenvalue weighted by atomic mass is 10.1. The van der Waals surface area contributed by atoms with E-state index in [0.29, 0.717) is 13.1 Å². The second kappa shape index (κ2) is 8.73. The van der Waals surface area contributed by atoms with Crippen LogP contribution in [0.5, 0.6) is 0 Å². The van der Waals surface area contributed by atoms with Crippen LogP contribution in [0.1, 0.15) is 0 Å². The fourth-order valence-electron chi connectivity index (χ4n) is 4.09. The number of pyridine rings is 2. The van der Waals surface area contributed by atoms with E-state index in [-0.39, 0.29) is 22.9 Å². The maximum absolute atomic E-state index is 13.2. The molecule has 0 radical (unpaired) electrons. The van der Waals surface area contributed by atoms with Gasteiger partial charge < -0.3 is 4.90 Å². The van der Waals surface area contributed by atoms with Crippen LogP contribution in [-0.2, 0) is 19.9 Å². The largest absolute Gasteiger partial charge is 0.352 e. The minimum absolute atomic E-state index is 0.0142. The molecule has 1 fully saturated rings. The summed E-state index contributed by atoms with van der Waals surface area (Å²) in [6.07, 6.45) is 4.65. The molecule has 1 aromatic carbocycles. The van der Waals surface area contributed by atoms with Gasteiger partial charge in [-0.2, -0.15) is 15.6 Å². The normalized spacial score (nSPS) is 15.6. The number of sulfone groups is 1. The molecule has 1 saturated heterocycles. The fraction of sp³-hybridized carbons (Fsp3) is 0.217. The predicted molar refractivity (Wildman–Crippen MR) is 133 cm³/mol. The molecule has 11 heteroatoms. The van der Waals surface area contributed by atoms with Crippen molar-refractivity contribution in [1.29, 1.82) is 0 Å². The number of sulfonamides is 1. The van der Waals surface area contributed by atoms with Gasteiger partial charge in [0.05, 0.1) is 9.79 Å². The van der Waals surface area contributed by atoms with Gasteiger partial charge in [0.2, 0.25) is 10.0 Å². The van der Waals surface area contributed by atoms with Crippen molar-refractivity contribution < 1.29 is 16.8 Å². The topological polar surface area (TPSA) is 101 Å². The predicted octanol–water partition coefficient (Wildman–Crippen LogP) is 3.27. The maximum Gasteiger partial charge on any atom is 0.243 e. The number of anilines is 1. The summed E-state index contributed by atoms with van der Waals surface area (Å²) in [4.78, 5) is 11.3. The summed E-state index contributed by atoms with van der Waals surface area (Å²) in [5, 5.41) is 5.10. The highest BCUT2D eigenvalue weighted by Gasteiger charge is 2.30. The van der Waals surface area contributed by atoms with Crippen molar-refractivity contribution in [2.45, 2.75) is 9.79 Å². The van der Waals surface area contributed by atoms with E-state index in [1.165, 1.54) is 28.6 Å². The number of benzene rings is 1. The lowest BCUT2D eigenvalue weighted by Crippen LogP contribution is -2.49. The molecule has 0 bridgehead atoms. The Morgan fingerprint density at radius 3 is 2.38 bits per heavy atom. The summed E-state index contributed by atoms with van der Waals surface area (Å²) in [5.41, 5.74) is 2.89. The van der Waals surface area contributed by atoms with E-state index in [2.05, 4.69) is 16.4 Å². The molecule has 176 valence electrons. The molecule has 34 heavy (non-hydrogen) atoms. The number of piperazine rings is 1. The molecule has 1 aliphatic heterocycles. The first-order valence-corrected chi connectivity index (χ1v) is 14.8. The zero-order valence-corrected chi connectivity index (χ0v) is 20.8. The van der Waals surface area contributed by atoms with E-state index >= 15 is 0 Å². The average molecular weight is 515 g/mol. The standard InChI is InChI=1S/C23H22N4O4S3/c1-33(28,29)18-4-2-5-19(14-18)34(30,31)27-11-9-26(10-12-27)23-22-20(6-3-8-24-22)21(15-25-23)17-7-13-32-16-17/h2-8,13-16H,9-12H2,1H3. The van der Waals surface area contributed by atoms with E-state index < -0.39 is 19.9 Å². The van der Waals surface area contributed by atoms with E-state index in [0.717, 1.165) is 34.1 Å². The molecule has 0 unspecified atom stereocenters. The first kappa shape index (κ1) is 22.9. The molecular formula is C23H22N4O4S3. The zero-order valence-electron chi connectivity index (χ0n) is 18.3. The van der Waals surface area contributed by atoms with E-state index in [9.17, 15) is 16.8 Å². The molecule has 8 nitrogen and oxygen atoms in total. The summed E-state index contributed by atoms with van der Waals surface area (Å²) in [6.45, 7) is 1.41. The molecule has 0 amide bonds. The summed E-state index contributed by atoms with van der Waals surface area (Å²) in [6, 6.07) is 11.5. The van der Waals surface area contributed by atoms with Gasteiger partial charge in [-0.3, -0.25) is 4.98 Å². The number of rotatable bonds is 5. The number of nitrogens with zero attached hydrogens (tertiary/aromatic N) is 4. The molecule has 0 atom stereocenters. The maximum atomic E-state index is 13.2. The lowest BCUT2D eigenvalue weighted by molar-refractivity contribution is 0.384. The van der Waals surface area contributed by atoms with Crippen molar-refractivity contribution in [3.8, 4) is 11.1 Å². The Hall–Kier alpha value is -2.86. The van der Waals surface area contributed by atoms with E-state index in [1.54, 1.807) is 17.5 Å². The molecule has 5 rings (SSSR count). The quantitative estimate of drug-likeness (QED) is 0.403. The van der Waals surface area contributed by atoms with Crippen molar-refractivity contribution in [2.75, 3.05) is 37.3 Å². The Morgan fingerprint density at radius 2 is 1.68 bits per heavy atom. The second-order valence-corrected chi connectivity index (χ2v) is 12.8. The van der Waals surface area contributed by atoms with Crippen LogP contribution < -0.4 is 4.90 Å². The van der Waals surface area contributed by atoms with Crippen molar-refractivity contribution in [3.05, 3.63) is 65.6 Å². The fourth-order valence-corrected chi connectivity index (χ4v) is 6.96. The van der Waals surface area contributed by atoms with Gasteiger partial charge in [0.15, 0.2) is 15.7 Å². The molecule has 0 saturated carbocycles. The molecule has 0 N–H and O–H groups in total. The summed E-state index contributed by atoms with van der Waals surface area (Å²) >= 11 is 1.62. The number of fused-ring (bicyclic) bond motifs is 1. The molecule has 3 aromatic heterocycles. The van der Waals surface area contributed by atoms with Crippen LogP contribution in [-0.4, -0.2) is 63.5 Å². The first-order chi connectivity index (χ1) is 16.2. The van der Waals surface area contributed by atoms with Gasteiger partial charge in [-0.25, -0.2) is 21.8 Å². The molecule has 0 aliphatic carbocycles. The first-order valence-electron chi connectivity index (χ1n) is 10.6. The van der Waals surface area contributed by atoms with Crippen LogP contribution in [0.3, 0.4) is 0 Å². The minimum Gasteiger partial charge on any atom is -0.352 e. The van der Waals surface area contributed by atoms with Gasteiger partial charge in [-0.05, 0) is 46.7 Å². The van der Waals surface area contributed by atoms with Crippen molar-refractivity contribution in [2.24, 2.45) is 0 Å². The van der Waals surface area contributed by atoms with Gasteiger partial charge in [-0.15, -0.1) is 0 Å². The Labute approximate surface area is 202 Å². The van der Waals surface area contributed by atoms with Gasteiger partial charge in [0.25, 0.3) is 0 Å². The highest BCUT2D eigenvalue weighted by molar-refractivity contribution is 7.91. The van der Waals surface area contributed by atoms with Gasteiger partial charge in [0, 0.05) is 55.8 Å². The summed E-state index contributed by atoms with van der Waals surface area (Å²) < 4.78 is 51.5. The van der Waals surface area contributed by atoms with Gasteiger partial charge >= 0.3 is 0 Å². The Balaban J connectivity index is 1.41. The Bertz CT molecular complexity index is 1560. The van der Waals surface area contributed by atoms with Crippen LogP contribution in [0.4, 0.5) is 5.82 Å². The number of hydrogen-bond acceptors (Lipinski definition) is 8. The smallest absolute Gasteiger partial charge is 0.243 e. The average Bonchev–Trinajstić information content (AvgIpc) is 3.38. The SMILES string of the molecule is CS(=O)(=O)c1cccc(S(=O)(=O)N2CCN(c3ncc(-c4ccsc4)c4cccnc34)CC2)c1. The zero-order chi connectivity index (χ0) is 23.9. The van der Waals surface area contributed by atoms with Crippen LogP contribution >= 0.6 is 11.3 Å². The van der Waals surface area contributed by atoms with Crippen LogP contribution in [0.2, 0.25) is 0 Å². The molecule has 4 heterocycles. The molecule has 4 aromatic rings. The van der Waals surface area contributed by atoms with Crippen molar-refractivity contribution in [3.63, 3.8) is 0 Å². The highest BCUT2D eigenvalue weighted by atomic mass is 32.2. The summed E-state index contributed by atoms with van der Waals surface area (Å²) in [5.74, 6) is 0.728. The minimum atomic E-state index is -3.82. The summed E-state index contributed by atoms with van der Waals surface area (Å²) in [7, 11) is -7.33. The van der Waals surface area contributed by atoms with Crippen molar-refractivity contribution in [1.82, 2.24) is 14.3 Å². The third-order valence-corrected chi connectivity index (χ3v) is 9.56. The number of thiophene rings is 1. The van der Waals surface area contributed by atoms with Crippen LogP contribution in [0.15, 0.2) is 75.4 Å². The molecule has 1 aliphatic rings. The highest BCUT2D eigenvalue weighted by Crippen LogP contribution is 2.33. The lowest BCUT2D eigenvalue weighted by Gasteiger charge is -2.35. The number of aromatic nitrogens is 2. The van der Waals surface area contributed by atoms with Crippen molar-refractivity contribution >= 4 is 47.9 Å².